The van der Waals surface area contributed by atoms with E-state index in [-0.39, 0.29) is 5.82 Å². The summed E-state index contributed by atoms with van der Waals surface area (Å²) < 4.78 is 18.1. The van der Waals surface area contributed by atoms with Crippen molar-refractivity contribution in [2.75, 3.05) is 12.8 Å². The lowest BCUT2D eigenvalue weighted by atomic mass is 10.4. The summed E-state index contributed by atoms with van der Waals surface area (Å²) in [5.74, 6) is 1.31. The van der Waals surface area contributed by atoms with Gasteiger partial charge in [-0.25, -0.2) is 14.4 Å². The maximum absolute atomic E-state index is 13.0. The minimum absolute atomic E-state index is 0.251. The molecule has 4 nitrogen and oxygen atoms in total. The molecule has 0 fully saturated rings. The molecule has 0 aliphatic rings. The minimum Gasteiger partial charge on any atom is -0.384 e. The molecular weight excluding hydrogens is 265 g/mol. The highest BCUT2D eigenvalue weighted by molar-refractivity contribution is 7.98. The van der Waals surface area contributed by atoms with Crippen LogP contribution in [0.2, 0.25) is 0 Å². The van der Waals surface area contributed by atoms with Crippen LogP contribution in [-0.2, 0) is 17.1 Å². The standard InChI is InChI=1S/C13H14FN3OS/c1-18-7-10-6-12(15)17-13(16-10)8-19-11-4-2-3-9(14)5-11/h2-6H,7-8H2,1H3,(H2,15,16,17). The molecule has 19 heavy (non-hydrogen) atoms. The first-order valence-corrected chi connectivity index (χ1v) is 6.65. The van der Waals surface area contributed by atoms with Crippen LogP contribution in [0.15, 0.2) is 35.2 Å². The summed E-state index contributed by atoms with van der Waals surface area (Å²) in [6, 6.07) is 8.09. The molecule has 2 aromatic rings. The van der Waals surface area contributed by atoms with E-state index in [1.54, 1.807) is 19.2 Å². The van der Waals surface area contributed by atoms with Crippen molar-refractivity contribution in [2.45, 2.75) is 17.3 Å². The van der Waals surface area contributed by atoms with Crippen LogP contribution in [0.3, 0.4) is 0 Å². The van der Waals surface area contributed by atoms with Gasteiger partial charge in [0.1, 0.15) is 17.5 Å². The van der Waals surface area contributed by atoms with Gasteiger partial charge in [-0.15, -0.1) is 11.8 Å². The van der Waals surface area contributed by atoms with Gasteiger partial charge in [-0.2, -0.15) is 0 Å². The SMILES string of the molecule is COCc1cc(N)nc(CSc2cccc(F)c2)n1. The van der Waals surface area contributed by atoms with Crippen LogP contribution >= 0.6 is 11.8 Å². The molecule has 1 aromatic heterocycles. The zero-order valence-electron chi connectivity index (χ0n) is 10.5. The molecule has 100 valence electrons. The Hall–Kier alpha value is -1.66. The average Bonchev–Trinajstić information content (AvgIpc) is 2.36. The Bertz CT molecular complexity index is 565. The average molecular weight is 279 g/mol. The quantitative estimate of drug-likeness (QED) is 0.853. The number of methoxy groups -OCH3 is 1. The fourth-order valence-corrected chi connectivity index (χ4v) is 2.36. The van der Waals surface area contributed by atoms with Crippen LogP contribution in [-0.4, -0.2) is 17.1 Å². The van der Waals surface area contributed by atoms with Gasteiger partial charge in [0.25, 0.3) is 0 Å². The van der Waals surface area contributed by atoms with Crippen molar-refractivity contribution < 1.29 is 9.13 Å². The van der Waals surface area contributed by atoms with E-state index in [4.69, 9.17) is 10.5 Å². The molecule has 0 radical (unpaired) electrons. The number of thioether (sulfide) groups is 1. The third kappa shape index (κ3) is 4.18. The summed E-state index contributed by atoms with van der Waals surface area (Å²) in [6.07, 6.45) is 0. The number of benzene rings is 1. The van der Waals surface area contributed by atoms with E-state index in [9.17, 15) is 4.39 Å². The van der Waals surface area contributed by atoms with E-state index in [2.05, 4.69) is 9.97 Å². The van der Waals surface area contributed by atoms with Crippen molar-refractivity contribution in [3.8, 4) is 0 Å². The lowest BCUT2D eigenvalue weighted by Gasteiger charge is -2.05. The fourth-order valence-electron chi connectivity index (χ4n) is 1.57. The van der Waals surface area contributed by atoms with Gasteiger partial charge in [0, 0.05) is 18.1 Å². The number of nitrogens with two attached hydrogens (primary N) is 1. The molecule has 0 amide bonds. The van der Waals surface area contributed by atoms with Crippen LogP contribution in [0, 0.1) is 5.82 Å². The second-order valence-corrected chi connectivity index (χ2v) is 4.93. The molecule has 0 bridgehead atoms. The van der Waals surface area contributed by atoms with Gasteiger partial charge in [0.2, 0.25) is 0 Å². The normalized spacial score (nSPS) is 10.6. The molecule has 0 aliphatic heterocycles. The number of anilines is 1. The van der Waals surface area contributed by atoms with Gasteiger partial charge in [-0.3, -0.25) is 0 Å². The first-order chi connectivity index (χ1) is 9.17. The maximum atomic E-state index is 13.0. The number of nitrogens with zero attached hydrogens (tertiary/aromatic N) is 2. The lowest BCUT2D eigenvalue weighted by Crippen LogP contribution is -2.03. The van der Waals surface area contributed by atoms with Crippen molar-refractivity contribution in [1.82, 2.24) is 9.97 Å². The molecule has 0 atom stereocenters. The molecule has 0 aliphatic carbocycles. The van der Waals surface area contributed by atoms with Crippen molar-refractivity contribution in [3.05, 3.63) is 47.7 Å². The van der Waals surface area contributed by atoms with Crippen LogP contribution in [0.1, 0.15) is 11.5 Å². The van der Waals surface area contributed by atoms with Gasteiger partial charge < -0.3 is 10.5 Å². The second kappa shape index (κ2) is 6.49. The zero-order valence-corrected chi connectivity index (χ0v) is 11.3. The predicted molar refractivity (Wildman–Crippen MR) is 73.1 cm³/mol. The van der Waals surface area contributed by atoms with Crippen molar-refractivity contribution in [2.24, 2.45) is 0 Å². The molecule has 0 unspecified atom stereocenters. The summed E-state index contributed by atoms with van der Waals surface area (Å²) in [7, 11) is 1.60. The summed E-state index contributed by atoms with van der Waals surface area (Å²) in [5, 5.41) is 0. The Morgan fingerprint density at radius 1 is 1.32 bits per heavy atom. The van der Waals surface area contributed by atoms with E-state index in [1.807, 2.05) is 6.07 Å². The molecule has 0 saturated carbocycles. The highest BCUT2D eigenvalue weighted by Crippen LogP contribution is 2.22. The Morgan fingerprint density at radius 2 is 2.16 bits per heavy atom. The predicted octanol–water partition coefficient (Wildman–Crippen LogP) is 2.64. The number of aromatic nitrogens is 2. The highest BCUT2D eigenvalue weighted by atomic mass is 32.2. The maximum Gasteiger partial charge on any atom is 0.141 e. The first kappa shape index (κ1) is 13.8. The summed E-state index contributed by atoms with van der Waals surface area (Å²) in [6.45, 7) is 0.393. The highest BCUT2D eigenvalue weighted by Gasteiger charge is 2.04. The van der Waals surface area contributed by atoms with Crippen LogP contribution in [0.5, 0.6) is 0 Å². The van der Waals surface area contributed by atoms with E-state index < -0.39 is 0 Å². The van der Waals surface area contributed by atoms with E-state index in [0.29, 0.717) is 24.0 Å². The van der Waals surface area contributed by atoms with E-state index in [1.165, 1.54) is 23.9 Å². The number of nitrogen functional groups attached to an aromatic ring is 1. The third-order valence-corrected chi connectivity index (χ3v) is 3.29. The fraction of sp³-hybridized carbons (Fsp3) is 0.231. The van der Waals surface area contributed by atoms with Crippen LogP contribution in [0.4, 0.5) is 10.2 Å². The molecule has 2 N–H and O–H groups in total. The van der Waals surface area contributed by atoms with Crippen LogP contribution < -0.4 is 5.73 Å². The monoisotopic (exact) mass is 279 g/mol. The van der Waals surface area contributed by atoms with E-state index >= 15 is 0 Å². The number of halogens is 1. The second-order valence-electron chi connectivity index (χ2n) is 3.88. The van der Waals surface area contributed by atoms with E-state index in [0.717, 1.165) is 10.6 Å². The van der Waals surface area contributed by atoms with Gasteiger partial charge in [0.15, 0.2) is 0 Å². The Morgan fingerprint density at radius 3 is 2.89 bits per heavy atom. The topological polar surface area (TPSA) is 61.0 Å². The number of hydrogen-bond acceptors (Lipinski definition) is 5. The Balaban J connectivity index is 2.06. The van der Waals surface area contributed by atoms with Gasteiger partial charge in [-0.05, 0) is 18.2 Å². The van der Waals surface area contributed by atoms with Crippen molar-refractivity contribution >= 4 is 17.6 Å². The Kier molecular flexibility index (Phi) is 4.70. The lowest BCUT2D eigenvalue weighted by molar-refractivity contribution is 0.181. The molecular formula is C13H14FN3OS. The largest absolute Gasteiger partial charge is 0.384 e. The van der Waals surface area contributed by atoms with Crippen molar-refractivity contribution in [1.29, 1.82) is 0 Å². The molecule has 1 heterocycles. The molecule has 2 rings (SSSR count). The Labute approximate surface area is 115 Å². The minimum atomic E-state index is -0.251. The zero-order chi connectivity index (χ0) is 13.7. The smallest absolute Gasteiger partial charge is 0.141 e. The summed E-state index contributed by atoms with van der Waals surface area (Å²) in [5.41, 5.74) is 6.45. The number of hydrogen-bond donors (Lipinski definition) is 1. The summed E-state index contributed by atoms with van der Waals surface area (Å²) >= 11 is 1.46. The van der Waals surface area contributed by atoms with Crippen LogP contribution in [0.25, 0.3) is 0 Å². The molecule has 6 heteroatoms. The molecule has 0 spiro atoms. The molecule has 1 aromatic carbocycles. The third-order valence-electron chi connectivity index (χ3n) is 2.30. The van der Waals surface area contributed by atoms with Gasteiger partial charge in [-0.1, -0.05) is 6.07 Å². The number of rotatable bonds is 5. The van der Waals surface area contributed by atoms with Crippen molar-refractivity contribution in [3.63, 3.8) is 0 Å². The molecule has 0 saturated heterocycles. The first-order valence-electron chi connectivity index (χ1n) is 5.67. The van der Waals surface area contributed by atoms with Gasteiger partial charge >= 0.3 is 0 Å². The number of ether oxygens (including phenoxy) is 1. The summed E-state index contributed by atoms with van der Waals surface area (Å²) in [4.78, 5) is 9.31. The van der Waals surface area contributed by atoms with Gasteiger partial charge in [0.05, 0.1) is 18.1 Å².